The Morgan fingerprint density at radius 2 is 1.87 bits per heavy atom. The maximum atomic E-state index is 12.0. The second-order valence-corrected chi connectivity index (χ2v) is 5.19. The Balaban J connectivity index is 2.80. The van der Waals surface area contributed by atoms with Gasteiger partial charge in [0.2, 0.25) is 0 Å². The molecule has 1 N–H and O–H groups in total. The minimum absolute atomic E-state index is 0.212. The summed E-state index contributed by atoms with van der Waals surface area (Å²) in [5, 5.41) is 9.79. The molecule has 1 heterocycles. The van der Waals surface area contributed by atoms with Crippen molar-refractivity contribution in [2.45, 2.75) is 20.8 Å². The average Bonchev–Trinajstić information content (AvgIpc) is 2.55. The number of pyridine rings is 1. The first-order valence-corrected chi connectivity index (χ1v) is 7.66. The van der Waals surface area contributed by atoms with Crippen LogP contribution in [0.1, 0.15) is 29.9 Å². The van der Waals surface area contributed by atoms with Crippen molar-refractivity contribution >= 4 is 11.8 Å². The fraction of sp³-hybridized carbons (Fsp3) is 0.333. The highest BCUT2D eigenvalue weighted by molar-refractivity contribution is 6.02. The zero-order valence-corrected chi connectivity index (χ0v) is 14.0. The fourth-order valence-electron chi connectivity index (χ4n) is 2.70. The van der Waals surface area contributed by atoms with E-state index in [1.165, 1.54) is 0 Å². The molecule has 0 aliphatic rings. The van der Waals surface area contributed by atoms with Crippen LogP contribution in [-0.2, 0) is 0 Å². The minimum atomic E-state index is -0.986. The Hall–Kier alpha value is -2.56. The number of para-hydroxylation sites is 1. The summed E-state index contributed by atoms with van der Waals surface area (Å²) in [5.41, 5.74) is 2.37. The Kier molecular flexibility index (Phi) is 5.21. The van der Waals surface area contributed by atoms with Crippen molar-refractivity contribution in [3.8, 4) is 16.9 Å². The zero-order valence-electron chi connectivity index (χ0n) is 14.0. The lowest BCUT2D eigenvalue weighted by molar-refractivity contribution is 0.0698. The van der Waals surface area contributed by atoms with E-state index in [1.807, 2.05) is 49.9 Å². The third-order valence-corrected chi connectivity index (χ3v) is 3.80. The Labute approximate surface area is 136 Å². The van der Waals surface area contributed by atoms with Gasteiger partial charge in [0, 0.05) is 29.9 Å². The van der Waals surface area contributed by atoms with E-state index in [4.69, 9.17) is 4.74 Å². The van der Waals surface area contributed by atoms with Crippen LogP contribution >= 0.6 is 0 Å². The molecule has 0 atom stereocenters. The number of anilines is 1. The van der Waals surface area contributed by atoms with Crippen molar-refractivity contribution in [3.05, 3.63) is 41.6 Å². The lowest BCUT2D eigenvalue weighted by atomic mass is 9.98. The van der Waals surface area contributed by atoms with E-state index in [1.54, 1.807) is 13.2 Å². The van der Waals surface area contributed by atoms with Crippen molar-refractivity contribution in [1.82, 2.24) is 4.98 Å². The van der Waals surface area contributed by atoms with E-state index in [9.17, 15) is 9.90 Å². The number of aryl methyl sites for hydroxylation is 1. The van der Waals surface area contributed by atoms with Crippen molar-refractivity contribution in [3.63, 3.8) is 0 Å². The summed E-state index contributed by atoms with van der Waals surface area (Å²) in [5.74, 6) is 0.162. The smallest absolute Gasteiger partial charge is 0.340 e. The molecule has 0 amide bonds. The monoisotopic (exact) mass is 314 g/mol. The van der Waals surface area contributed by atoms with Crippen molar-refractivity contribution in [2.24, 2.45) is 0 Å². The first-order chi connectivity index (χ1) is 11.0. The van der Waals surface area contributed by atoms with Crippen LogP contribution in [0.25, 0.3) is 11.1 Å². The van der Waals surface area contributed by atoms with Crippen molar-refractivity contribution < 1.29 is 14.6 Å². The van der Waals surface area contributed by atoms with Crippen LogP contribution in [-0.4, -0.2) is 36.3 Å². The molecule has 5 heteroatoms. The predicted octanol–water partition coefficient (Wildman–Crippen LogP) is 3.61. The summed E-state index contributed by atoms with van der Waals surface area (Å²) in [6.45, 7) is 7.23. The molecule has 0 bridgehead atoms. The largest absolute Gasteiger partial charge is 0.496 e. The quantitative estimate of drug-likeness (QED) is 0.882. The Morgan fingerprint density at radius 3 is 2.43 bits per heavy atom. The second kappa shape index (κ2) is 7.13. The van der Waals surface area contributed by atoms with E-state index >= 15 is 0 Å². The summed E-state index contributed by atoms with van der Waals surface area (Å²) >= 11 is 0. The molecule has 2 aromatic rings. The van der Waals surface area contributed by atoms with Crippen LogP contribution in [0, 0.1) is 6.92 Å². The number of carbonyl (C=O) groups is 1. The highest BCUT2D eigenvalue weighted by Crippen LogP contribution is 2.36. The summed E-state index contributed by atoms with van der Waals surface area (Å²) in [4.78, 5) is 18.4. The number of methoxy groups -OCH3 is 1. The molecular formula is C18H22N2O3. The molecule has 0 fully saturated rings. The third-order valence-electron chi connectivity index (χ3n) is 3.80. The Bertz CT molecular complexity index is 709. The molecule has 2 rings (SSSR count). The predicted molar refractivity (Wildman–Crippen MR) is 91.5 cm³/mol. The number of hydrogen-bond donors (Lipinski definition) is 1. The van der Waals surface area contributed by atoms with E-state index in [-0.39, 0.29) is 5.56 Å². The first-order valence-electron chi connectivity index (χ1n) is 7.66. The number of ether oxygens (including phenoxy) is 1. The van der Waals surface area contributed by atoms with Gasteiger partial charge in [-0.05, 0) is 32.9 Å². The molecule has 23 heavy (non-hydrogen) atoms. The van der Waals surface area contributed by atoms with Gasteiger partial charge in [0.25, 0.3) is 0 Å². The van der Waals surface area contributed by atoms with Crippen LogP contribution < -0.4 is 9.64 Å². The topological polar surface area (TPSA) is 62.7 Å². The normalized spacial score (nSPS) is 10.4. The van der Waals surface area contributed by atoms with E-state index < -0.39 is 5.97 Å². The van der Waals surface area contributed by atoms with Gasteiger partial charge in [-0.3, -0.25) is 0 Å². The van der Waals surface area contributed by atoms with Gasteiger partial charge in [-0.25, -0.2) is 9.78 Å². The van der Waals surface area contributed by atoms with Crippen molar-refractivity contribution in [1.29, 1.82) is 0 Å². The number of carboxylic acids is 1. The van der Waals surface area contributed by atoms with Gasteiger partial charge in [-0.15, -0.1) is 0 Å². The molecule has 0 spiro atoms. The van der Waals surface area contributed by atoms with Gasteiger partial charge in [0.1, 0.15) is 17.1 Å². The van der Waals surface area contributed by atoms with Crippen LogP contribution in [0.4, 0.5) is 5.82 Å². The maximum absolute atomic E-state index is 12.0. The summed E-state index contributed by atoms with van der Waals surface area (Å²) in [6.07, 6.45) is 0. The van der Waals surface area contributed by atoms with Crippen LogP contribution in [0.15, 0.2) is 30.3 Å². The molecule has 0 unspecified atom stereocenters. The molecule has 0 aliphatic carbocycles. The number of aromatic nitrogens is 1. The number of carboxylic acid groups (broad SMARTS) is 1. The highest BCUT2D eigenvalue weighted by atomic mass is 16.5. The number of aromatic carboxylic acids is 1. The molecule has 5 nitrogen and oxygen atoms in total. The molecule has 0 saturated carbocycles. The molecule has 0 radical (unpaired) electrons. The maximum Gasteiger partial charge on any atom is 0.340 e. The van der Waals surface area contributed by atoms with Gasteiger partial charge >= 0.3 is 5.97 Å². The van der Waals surface area contributed by atoms with Gasteiger partial charge < -0.3 is 14.7 Å². The molecular weight excluding hydrogens is 292 g/mol. The summed E-state index contributed by atoms with van der Waals surface area (Å²) in [6, 6.07) is 9.23. The number of nitrogens with zero attached hydrogens (tertiary/aromatic N) is 2. The molecule has 1 aromatic carbocycles. The number of benzene rings is 1. The van der Waals surface area contributed by atoms with E-state index in [2.05, 4.69) is 4.98 Å². The first kappa shape index (κ1) is 16.8. The second-order valence-electron chi connectivity index (χ2n) is 5.19. The van der Waals surface area contributed by atoms with Gasteiger partial charge in [-0.2, -0.15) is 0 Å². The lowest BCUT2D eigenvalue weighted by Crippen LogP contribution is -2.26. The van der Waals surface area contributed by atoms with E-state index in [0.717, 1.165) is 11.3 Å². The summed E-state index contributed by atoms with van der Waals surface area (Å²) < 4.78 is 5.40. The molecule has 0 aliphatic heterocycles. The average molecular weight is 314 g/mol. The van der Waals surface area contributed by atoms with Gasteiger partial charge in [0.15, 0.2) is 0 Å². The lowest BCUT2D eigenvalue weighted by Gasteiger charge is -2.24. The molecule has 1 aromatic heterocycles. The highest BCUT2D eigenvalue weighted by Gasteiger charge is 2.23. The van der Waals surface area contributed by atoms with Crippen LogP contribution in [0.3, 0.4) is 0 Å². The third kappa shape index (κ3) is 3.28. The van der Waals surface area contributed by atoms with Gasteiger partial charge in [0.05, 0.1) is 7.11 Å². The minimum Gasteiger partial charge on any atom is -0.496 e. The van der Waals surface area contributed by atoms with E-state index in [0.29, 0.717) is 30.2 Å². The zero-order chi connectivity index (χ0) is 17.0. The number of hydrogen-bond acceptors (Lipinski definition) is 4. The standard InChI is InChI=1S/C18H22N2O3/c1-5-20(6-2)17-16(18(21)22)14(11-12(3)19-17)13-9-7-8-10-15(13)23-4/h7-11H,5-6H2,1-4H3,(H,21,22). The van der Waals surface area contributed by atoms with Crippen LogP contribution in [0.5, 0.6) is 5.75 Å². The van der Waals surface area contributed by atoms with Gasteiger partial charge in [-0.1, -0.05) is 18.2 Å². The van der Waals surface area contributed by atoms with Crippen molar-refractivity contribution in [2.75, 3.05) is 25.1 Å². The fourth-order valence-corrected chi connectivity index (χ4v) is 2.70. The number of rotatable bonds is 6. The SMILES string of the molecule is CCN(CC)c1nc(C)cc(-c2ccccc2OC)c1C(=O)O. The van der Waals surface area contributed by atoms with Crippen LogP contribution in [0.2, 0.25) is 0 Å². The Morgan fingerprint density at radius 1 is 1.22 bits per heavy atom. The summed E-state index contributed by atoms with van der Waals surface area (Å²) in [7, 11) is 1.58. The molecule has 122 valence electrons. The molecule has 0 saturated heterocycles.